The lowest BCUT2D eigenvalue weighted by atomic mass is 9.77. The Kier molecular flexibility index (Phi) is 13.9. The Balaban J connectivity index is 0.000000926. The molecule has 0 heterocycles. The van der Waals surface area contributed by atoms with Gasteiger partial charge >= 0.3 is 0 Å². The van der Waals surface area contributed by atoms with Gasteiger partial charge in [-0.25, -0.2) is 0 Å². The lowest BCUT2D eigenvalue weighted by Gasteiger charge is -2.28. The molecule has 0 bridgehead atoms. The first-order chi connectivity index (χ1) is 16.8. The third-order valence-corrected chi connectivity index (χ3v) is 5.61. The van der Waals surface area contributed by atoms with Gasteiger partial charge in [0.05, 0.1) is 12.8 Å². The van der Waals surface area contributed by atoms with E-state index in [2.05, 4.69) is 35.7 Å². The molecular formula is C29H41NO5. The van der Waals surface area contributed by atoms with Crippen LogP contribution in [0.5, 0.6) is 11.5 Å². The summed E-state index contributed by atoms with van der Waals surface area (Å²) in [5, 5.41) is 12.5. The number of benzene rings is 2. The molecule has 35 heavy (non-hydrogen) atoms. The summed E-state index contributed by atoms with van der Waals surface area (Å²) < 4.78 is 9.44. The highest BCUT2D eigenvalue weighted by atomic mass is 16.5. The average molecular weight is 484 g/mol. The van der Waals surface area contributed by atoms with Gasteiger partial charge in [0.1, 0.15) is 11.5 Å². The quantitative estimate of drug-likeness (QED) is 0.256. The Morgan fingerprint density at radius 1 is 1.17 bits per heavy atom. The number of phenols is 1. The third kappa shape index (κ3) is 11.6. The number of methoxy groups -OCH3 is 1. The van der Waals surface area contributed by atoms with E-state index in [0.29, 0.717) is 17.9 Å². The Bertz CT molecular complexity index is 923. The number of phenolic OH excluding ortho intramolecular Hbond substituents is 1. The molecule has 0 spiro atoms. The lowest BCUT2D eigenvalue weighted by molar-refractivity contribution is -0.126. The van der Waals surface area contributed by atoms with Gasteiger partial charge in [-0.2, -0.15) is 0 Å². The van der Waals surface area contributed by atoms with Crippen LogP contribution in [0.15, 0.2) is 54.6 Å². The van der Waals surface area contributed by atoms with Gasteiger partial charge in [0.2, 0.25) is 0 Å². The zero-order valence-corrected chi connectivity index (χ0v) is 21.8. The fourth-order valence-electron chi connectivity index (χ4n) is 4.15. The SMILES string of the molecule is C=C1CC(C)CC(CCc2ccc(OCC(=O)Nc3cc(C)ccc3O)cc2)C1.CC.COC=O. The first-order valence-corrected chi connectivity index (χ1v) is 12.2. The molecule has 6 heteroatoms. The van der Waals surface area contributed by atoms with E-state index in [-0.39, 0.29) is 18.3 Å². The van der Waals surface area contributed by atoms with Crippen molar-refractivity contribution in [2.24, 2.45) is 11.8 Å². The molecule has 1 aliphatic rings. The van der Waals surface area contributed by atoms with Crippen molar-refractivity contribution in [3.8, 4) is 11.5 Å². The molecule has 2 atom stereocenters. The number of aromatic hydroxyl groups is 1. The van der Waals surface area contributed by atoms with E-state index in [1.807, 2.05) is 32.9 Å². The van der Waals surface area contributed by atoms with Crippen LogP contribution in [-0.4, -0.2) is 31.2 Å². The van der Waals surface area contributed by atoms with Crippen LogP contribution in [0.4, 0.5) is 5.69 Å². The van der Waals surface area contributed by atoms with Crippen molar-refractivity contribution in [3.63, 3.8) is 0 Å². The summed E-state index contributed by atoms with van der Waals surface area (Å²) in [6, 6.07) is 13.0. The van der Waals surface area contributed by atoms with Crippen LogP contribution in [0.2, 0.25) is 0 Å². The van der Waals surface area contributed by atoms with E-state index >= 15 is 0 Å². The number of hydrogen-bond acceptors (Lipinski definition) is 5. The number of rotatable bonds is 8. The summed E-state index contributed by atoms with van der Waals surface area (Å²) in [5.74, 6) is 1.90. The maximum atomic E-state index is 12.1. The molecule has 2 aromatic carbocycles. The predicted octanol–water partition coefficient (Wildman–Crippen LogP) is 6.46. The van der Waals surface area contributed by atoms with Crippen molar-refractivity contribution < 1.29 is 24.2 Å². The molecule has 1 amide bonds. The third-order valence-electron chi connectivity index (χ3n) is 5.61. The van der Waals surface area contributed by atoms with Crippen LogP contribution in [0, 0.1) is 18.8 Å². The number of ether oxygens (including phenoxy) is 2. The fourth-order valence-corrected chi connectivity index (χ4v) is 4.15. The van der Waals surface area contributed by atoms with Crippen LogP contribution in [0.25, 0.3) is 0 Å². The standard InChI is InChI=1S/C25H31NO3.C2H4O2.C2H6/c1-17-4-11-24(27)23(15-17)26-25(28)16-29-22-9-7-20(8-10-22)5-6-21-13-18(2)12-19(3)14-21;1-4-2-3;1-2/h4,7-11,15,19,21,27H,2,5-6,12-14,16H2,1,3H3,(H,26,28);2H,1H3;1-2H3. The Morgan fingerprint density at radius 2 is 1.83 bits per heavy atom. The zero-order valence-electron chi connectivity index (χ0n) is 21.8. The maximum Gasteiger partial charge on any atom is 0.292 e. The van der Waals surface area contributed by atoms with Crippen molar-refractivity contribution in [2.45, 2.75) is 59.8 Å². The first kappa shape index (κ1) is 29.8. The summed E-state index contributed by atoms with van der Waals surface area (Å²) >= 11 is 0. The molecule has 1 aliphatic carbocycles. The molecule has 0 aliphatic heterocycles. The molecule has 6 nitrogen and oxygen atoms in total. The summed E-state index contributed by atoms with van der Waals surface area (Å²) in [5.41, 5.74) is 4.04. The average Bonchev–Trinajstić information content (AvgIpc) is 2.85. The smallest absolute Gasteiger partial charge is 0.292 e. The highest BCUT2D eigenvalue weighted by molar-refractivity contribution is 5.93. The number of carbonyl (C=O) groups is 2. The zero-order chi connectivity index (χ0) is 26.2. The van der Waals surface area contributed by atoms with Crippen molar-refractivity contribution in [1.29, 1.82) is 0 Å². The van der Waals surface area contributed by atoms with Crippen molar-refractivity contribution in [2.75, 3.05) is 19.0 Å². The Labute approximate surface area is 210 Å². The number of anilines is 1. The minimum absolute atomic E-state index is 0.0456. The highest BCUT2D eigenvalue weighted by Crippen LogP contribution is 2.34. The number of aryl methyl sites for hydroxylation is 2. The van der Waals surface area contributed by atoms with E-state index < -0.39 is 0 Å². The molecule has 0 aromatic heterocycles. The van der Waals surface area contributed by atoms with Crippen molar-refractivity contribution >= 4 is 18.1 Å². The molecule has 1 fully saturated rings. The van der Waals surface area contributed by atoms with E-state index in [4.69, 9.17) is 9.53 Å². The first-order valence-electron chi connectivity index (χ1n) is 12.2. The number of allylic oxidation sites excluding steroid dienone is 1. The van der Waals surface area contributed by atoms with Gasteiger partial charge in [-0.05, 0) is 86.3 Å². The van der Waals surface area contributed by atoms with Crippen molar-refractivity contribution in [1.82, 2.24) is 0 Å². The second-order valence-corrected chi connectivity index (χ2v) is 8.74. The van der Waals surface area contributed by atoms with Gasteiger partial charge in [0.25, 0.3) is 12.4 Å². The van der Waals surface area contributed by atoms with E-state index in [1.54, 1.807) is 18.2 Å². The second-order valence-electron chi connectivity index (χ2n) is 8.74. The lowest BCUT2D eigenvalue weighted by Crippen LogP contribution is -2.20. The topological polar surface area (TPSA) is 84.9 Å². The largest absolute Gasteiger partial charge is 0.506 e. The minimum atomic E-state index is -0.304. The Hall–Kier alpha value is -3.28. The minimum Gasteiger partial charge on any atom is -0.506 e. The summed E-state index contributed by atoms with van der Waals surface area (Å²) in [6.07, 6.45) is 5.88. The molecule has 192 valence electrons. The molecule has 0 saturated heterocycles. The van der Waals surface area contributed by atoms with Gasteiger partial charge in [-0.1, -0.05) is 51.1 Å². The van der Waals surface area contributed by atoms with Crippen LogP contribution < -0.4 is 10.1 Å². The molecule has 2 aromatic rings. The monoisotopic (exact) mass is 483 g/mol. The molecule has 1 saturated carbocycles. The van der Waals surface area contributed by atoms with Gasteiger partial charge in [0, 0.05) is 0 Å². The van der Waals surface area contributed by atoms with Gasteiger partial charge in [-0.15, -0.1) is 0 Å². The summed E-state index contributed by atoms with van der Waals surface area (Å²) in [6.45, 7) is 12.7. The molecule has 3 rings (SSSR count). The number of amides is 1. The number of nitrogens with one attached hydrogen (secondary N) is 1. The summed E-state index contributed by atoms with van der Waals surface area (Å²) in [4.78, 5) is 21.0. The number of carbonyl (C=O) groups excluding carboxylic acids is 2. The van der Waals surface area contributed by atoms with E-state index in [9.17, 15) is 9.90 Å². The Morgan fingerprint density at radius 3 is 2.43 bits per heavy atom. The maximum absolute atomic E-state index is 12.1. The van der Waals surface area contributed by atoms with Gasteiger partial charge < -0.3 is 19.9 Å². The summed E-state index contributed by atoms with van der Waals surface area (Å²) in [7, 11) is 1.31. The van der Waals surface area contributed by atoms with E-state index in [0.717, 1.165) is 30.2 Å². The number of hydrogen-bond donors (Lipinski definition) is 2. The predicted molar refractivity (Wildman–Crippen MR) is 142 cm³/mol. The molecule has 2 N–H and O–H groups in total. The van der Waals surface area contributed by atoms with Gasteiger partial charge in [0.15, 0.2) is 6.61 Å². The fraction of sp³-hybridized carbons (Fsp3) is 0.448. The van der Waals surface area contributed by atoms with Crippen LogP contribution >= 0.6 is 0 Å². The second kappa shape index (κ2) is 16.4. The van der Waals surface area contributed by atoms with Gasteiger partial charge in [-0.3, -0.25) is 9.59 Å². The van der Waals surface area contributed by atoms with Crippen LogP contribution in [0.1, 0.15) is 57.6 Å². The van der Waals surface area contributed by atoms with Crippen LogP contribution in [-0.2, 0) is 20.7 Å². The normalized spacial score (nSPS) is 16.5. The molecule has 2 unspecified atom stereocenters. The van der Waals surface area contributed by atoms with Crippen LogP contribution in [0.3, 0.4) is 0 Å². The highest BCUT2D eigenvalue weighted by Gasteiger charge is 2.20. The van der Waals surface area contributed by atoms with E-state index in [1.165, 1.54) is 37.5 Å². The molecular weight excluding hydrogens is 442 g/mol. The molecule has 0 radical (unpaired) electrons. The van der Waals surface area contributed by atoms with Crippen molar-refractivity contribution in [3.05, 3.63) is 65.7 Å².